The number of hydrogen-bond donors (Lipinski definition) is 1. The lowest BCUT2D eigenvalue weighted by molar-refractivity contribution is -0.137. The number of alkyl halides is 3. The van der Waals surface area contributed by atoms with Crippen molar-refractivity contribution in [3.8, 4) is 0 Å². The molecule has 1 fully saturated rings. The van der Waals surface area contributed by atoms with Crippen molar-refractivity contribution in [2.24, 2.45) is 0 Å². The van der Waals surface area contributed by atoms with E-state index in [9.17, 15) is 30.8 Å². The molecular formula is C19H19F4N3O3S. The van der Waals surface area contributed by atoms with E-state index in [-0.39, 0.29) is 43.5 Å². The Morgan fingerprint density at radius 3 is 2.03 bits per heavy atom. The number of benzene rings is 2. The molecule has 1 heterocycles. The van der Waals surface area contributed by atoms with E-state index < -0.39 is 27.6 Å². The van der Waals surface area contributed by atoms with Gasteiger partial charge in [0.25, 0.3) is 0 Å². The molecule has 2 aromatic rings. The van der Waals surface area contributed by atoms with Crippen LogP contribution in [0.5, 0.6) is 0 Å². The monoisotopic (exact) mass is 445 g/mol. The third kappa shape index (κ3) is 5.35. The molecule has 6 nitrogen and oxygen atoms in total. The zero-order valence-corrected chi connectivity index (χ0v) is 16.5. The summed E-state index contributed by atoms with van der Waals surface area (Å²) in [7, 11) is -3.93. The predicted octanol–water partition coefficient (Wildman–Crippen LogP) is 2.79. The number of sulfonamides is 1. The fourth-order valence-corrected chi connectivity index (χ4v) is 4.45. The SMILES string of the molecule is O=C(CN1CCN(S(=O)(=O)c2ccc(C(F)(F)F)cc2)CC1)Nc1ccc(F)cc1. The lowest BCUT2D eigenvalue weighted by atomic mass is 10.2. The predicted molar refractivity (Wildman–Crippen MR) is 102 cm³/mol. The number of piperazine rings is 1. The summed E-state index contributed by atoms with van der Waals surface area (Å²) in [6, 6.07) is 8.68. The van der Waals surface area contributed by atoms with Crippen LogP contribution in [0.2, 0.25) is 0 Å². The Hall–Kier alpha value is -2.50. The Kier molecular flexibility index (Phi) is 6.44. The van der Waals surface area contributed by atoms with Crippen LogP contribution in [0.15, 0.2) is 53.4 Å². The van der Waals surface area contributed by atoms with Crippen LogP contribution < -0.4 is 5.32 Å². The number of nitrogens with zero attached hydrogens (tertiary/aromatic N) is 2. The normalized spacial score (nSPS) is 16.4. The number of amides is 1. The Morgan fingerprint density at radius 1 is 0.933 bits per heavy atom. The molecule has 0 radical (unpaired) electrons. The molecule has 0 atom stereocenters. The molecule has 1 N–H and O–H groups in total. The van der Waals surface area contributed by atoms with Crippen molar-refractivity contribution in [1.82, 2.24) is 9.21 Å². The number of rotatable bonds is 5. The Bertz CT molecular complexity index is 985. The van der Waals surface area contributed by atoms with E-state index in [1.807, 2.05) is 0 Å². The van der Waals surface area contributed by atoms with E-state index in [2.05, 4.69) is 5.32 Å². The number of halogens is 4. The molecule has 1 aliphatic rings. The first-order valence-corrected chi connectivity index (χ1v) is 10.4. The van der Waals surface area contributed by atoms with Crippen molar-refractivity contribution in [1.29, 1.82) is 0 Å². The maximum Gasteiger partial charge on any atom is 0.416 e. The third-order valence-electron chi connectivity index (χ3n) is 4.65. The summed E-state index contributed by atoms with van der Waals surface area (Å²) in [5, 5.41) is 2.63. The number of hydrogen-bond acceptors (Lipinski definition) is 4. The molecule has 1 aliphatic heterocycles. The molecule has 0 bridgehead atoms. The first kappa shape index (κ1) is 22.2. The van der Waals surface area contributed by atoms with Crippen LogP contribution in [-0.4, -0.2) is 56.3 Å². The average Bonchev–Trinajstić information content (AvgIpc) is 2.69. The lowest BCUT2D eigenvalue weighted by Crippen LogP contribution is -2.50. The highest BCUT2D eigenvalue weighted by atomic mass is 32.2. The summed E-state index contributed by atoms with van der Waals surface area (Å²) in [5.41, 5.74) is -0.469. The minimum Gasteiger partial charge on any atom is -0.325 e. The molecule has 1 saturated heterocycles. The Labute approximate surface area is 171 Å². The zero-order chi connectivity index (χ0) is 21.9. The van der Waals surface area contributed by atoms with Crippen molar-refractivity contribution in [3.05, 3.63) is 59.9 Å². The summed E-state index contributed by atoms with van der Waals surface area (Å²) in [6.07, 6.45) is -4.54. The first-order chi connectivity index (χ1) is 14.1. The Balaban J connectivity index is 1.55. The average molecular weight is 445 g/mol. The van der Waals surface area contributed by atoms with E-state index in [4.69, 9.17) is 0 Å². The van der Waals surface area contributed by atoms with Crippen LogP contribution in [0.4, 0.5) is 23.2 Å². The van der Waals surface area contributed by atoms with E-state index in [1.165, 1.54) is 28.6 Å². The smallest absolute Gasteiger partial charge is 0.325 e. The van der Waals surface area contributed by atoms with Gasteiger partial charge in [-0.1, -0.05) is 0 Å². The van der Waals surface area contributed by atoms with E-state index in [0.717, 1.165) is 24.3 Å². The highest BCUT2D eigenvalue weighted by Gasteiger charge is 2.32. The molecule has 0 unspecified atom stereocenters. The van der Waals surface area contributed by atoms with Crippen LogP contribution in [0.1, 0.15) is 5.56 Å². The van der Waals surface area contributed by atoms with Crippen LogP contribution in [-0.2, 0) is 21.0 Å². The van der Waals surface area contributed by atoms with Gasteiger partial charge in [0.1, 0.15) is 5.82 Å². The molecule has 1 amide bonds. The second-order valence-electron chi connectivity index (χ2n) is 6.76. The largest absolute Gasteiger partial charge is 0.416 e. The molecule has 162 valence electrons. The van der Waals surface area contributed by atoms with Crippen molar-refractivity contribution < 1.29 is 30.8 Å². The molecule has 30 heavy (non-hydrogen) atoms. The van der Waals surface area contributed by atoms with Crippen LogP contribution in [0.25, 0.3) is 0 Å². The van der Waals surface area contributed by atoms with Crippen molar-refractivity contribution >= 4 is 21.6 Å². The van der Waals surface area contributed by atoms with Crippen molar-refractivity contribution in [2.75, 3.05) is 38.0 Å². The molecule has 3 rings (SSSR count). The van der Waals surface area contributed by atoms with Gasteiger partial charge in [-0.2, -0.15) is 17.5 Å². The van der Waals surface area contributed by atoms with Crippen LogP contribution >= 0.6 is 0 Å². The maximum absolute atomic E-state index is 12.9. The van der Waals surface area contributed by atoms with Gasteiger partial charge in [-0.3, -0.25) is 9.69 Å². The fraction of sp³-hybridized carbons (Fsp3) is 0.316. The summed E-state index contributed by atoms with van der Waals surface area (Å²) < 4.78 is 77.4. The van der Waals surface area contributed by atoms with Gasteiger partial charge in [-0.15, -0.1) is 0 Å². The standard InChI is InChI=1S/C19H19F4N3O3S/c20-15-3-5-16(6-4-15)24-18(27)13-25-9-11-26(12-10-25)30(28,29)17-7-1-14(2-8-17)19(21,22)23/h1-8H,9-13H2,(H,24,27). The highest BCUT2D eigenvalue weighted by molar-refractivity contribution is 7.89. The first-order valence-electron chi connectivity index (χ1n) is 9.01. The number of carbonyl (C=O) groups excluding carboxylic acids is 1. The van der Waals surface area contributed by atoms with Gasteiger partial charge in [0.2, 0.25) is 15.9 Å². The molecule has 0 saturated carbocycles. The molecular weight excluding hydrogens is 426 g/mol. The number of carbonyl (C=O) groups is 1. The summed E-state index contributed by atoms with van der Waals surface area (Å²) >= 11 is 0. The van der Waals surface area contributed by atoms with E-state index >= 15 is 0 Å². The topological polar surface area (TPSA) is 69.7 Å². The molecule has 2 aromatic carbocycles. The third-order valence-corrected chi connectivity index (χ3v) is 6.56. The summed E-state index contributed by atoms with van der Waals surface area (Å²) in [6.45, 7) is 0.819. The summed E-state index contributed by atoms with van der Waals surface area (Å²) in [4.78, 5) is 13.7. The minimum atomic E-state index is -4.54. The second kappa shape index (κ2) is 8.70. The minimum absolute atomic E-state index is 0.0333. The molecule has 11 heteroatoms. The van der Waals surface area contributed by atoms with Gasteiger partial charge < -0.3 is 5.32 Å². The van der Waals surface area contributed by atoms with Gasteiger partial charge in [-0.05, 0) is 48.5 Å². The quantitative estimate of drug-likeness (QED) is 0.719. The van der Waals surface area contributed by atoms with Crippen molar-refractivity contribution in [2.45, 2.75) is 11.1 Å². The van der Waals surface area contributed by atoms with E-state index in [1.54, 1.807) is 4.90 Å². The number of nitrogens with one attached hydrogen (secondary N) is 1. The van der Waals surface area contributed by atoms with Gasteiger partial charge in [-0.25, -0.2) is 12.8 Å². The molecule has 0 aliphatic carbocycles. The lowest BCUT2D eigenvalue weighted by Gasteiger charge is -2.33. The van der Waals surface area contributed by atoms with Gasteiger partial charge >= 0.3 is 6.18 Å². The zero-order valence-electron chi connectivity index (χ0n) is 15.7. The van der Waals surface area contributed by atoms with E-state index in [0.29, 0.717) is 5.69 Å². The maximum atomic E-state index is 12.9. The van der Waals surface area contributed by atoms with Crippen LogP contribution in [0, 0.1) is 5.82 Å². The fourth-order valence-electron chi connectivity index (χ4n) is 3.03. The van der Waals surface area contributed by atoms with Gasteiger partial charge in [0.15, 0.2) is 0 Å². The molecule has 0 aromatic heterocycles. The highest BCUT2D eigenvalue weighted by Crippen LogP contribution is 2.30. The van der Waals surface area contributed by atoms with Gasteiger partial charge in [0.05, 0.1) is 17.0 Å². The van der Waals surface area contributed by atoms with Gasteiger partial charge in [0, 0.05) is 31.9 Å². The second-order valence-corrected chi connectivity index (χ2v) is 8.70. The number of anilines is 1. The molecule has 0 spiro atoms. The summed E-state index contributed by atoms with van der Waals surface area (Å²) in [5.74, 6) is -0.737. The van der Waals surface area contributed by atoms with Crippen LogP contribution in [0.3, 0.4) is 0 Å². The van der Waals surface area contributed by atoms with Crippen molar-refractivity contribution in [3.63, 3.8) is 0 Å². The Morgan fingerprint density at radius 2 is 1.50 bits per heavy atom.